The van der Waals surface area contributed by atoms with Crippen LogP contribution in [0.25, 0.3) is 0 Å². The van der Waals surface area contributed by atoms with E-state index < -0.39 is 0 Å². The molecule has 0 aliphatic rings. The SMILES string of the molecule is CCNC(=NCCc1cc(OC)ccc1OC)NC(C)C(C)C.I. The molecule has 0 heterocycles. The number of halogens is 1. The molecule has 6 heteroatoms. The normalized spacial score (nSPS) is 12.4. The molecular formula is C18H32IN3O2. The number of methoxy groups -OCH3 is 2. The van der Waals surface area contributed by atoms with Gasteiger partial charge in [0.05, 0.1) is 14.2 Å². The zero-order chi connectivity index (χ0) is 17.2. The van der Waals surface area contributed by atoms with E-state index in [0.717, 1.165) is 36.0 Å². The maximum absolute atomic E-state index is 5.41. The van der Waals surface area contributed by atoms with Crippen LogP contribution in [0.3, 0.4) is 0 Å². The number of benzene rings is 1. The van der Waals surface area contributed by atoms with Gasteiger partial charge in [-0.15, -0.1) is 24.0 Å². The summed E-state index contributed by atoms with van der Waals surface area (Å²) in [5.74, 6) is 3.12. The fraction of sp³-hybridized carbons (Fsp3) is 0.611. The lowest BCUT2D eigenvalue weighted by Crippen LogP contribution is -2.44. The highest BCUT2D eigenvalue weighted by molar-refractivity contribution is 14.0. The number of nitrogens with zero attached hydrogens (tertiary/aromatic N) is 1. The van der Waals surface area contributed by atoms with Crippen molar-refractivity contribution in [2.45, 2.75) is 40.2 Å². The number of rotatable bonds is 8. The Balaban J connectivity index is 0.00000529. The highest BCUT2D eigenvalue weighted by atomic mass is 127. The Hall–Kier alpha value is -1.18. The number of aliphatic imine (C=N–C) groups is 1. The monoisotopic (exact) mass is 449 g/mol. The third-order valence-electron chi connectivity index (χ3n) is 3.85. The second-order valence-corrected chi connectivity index (χ2v) is 5.87. The summed E-state index contributed by atoms with van der Waals surface area (Å²) < 4.78 is 10.7. The first kappa shape index (κ1) is 22.8. The summed E-state index contributed by atoms with van der Waals surface area (Å²) in [6, 6.07) is 6.22. The maximum atomic E-state index is 5.41. The quantitative estimate of drug-likeness (QED) is 0.363. The minimum absolute atomic E-state index is 0. The van der Waals surface area contributed by atoms with Crippen molar-refractivity contribution in [2.75, 3.05) is 27.3 Å². The molecule has 0 aromatic heterocycles. The molecule has 0 spiro atoms. The van der Waals surface area contributed by atoms with E-state index in [0.29, 0.717) is 18.5 Å². The van der Waals surface area contributed by atoms with E-state index in [1.807, 2.05) is 18.2 Å². The molecule has 0 fully saturated rings. The van der Waals surface area contributed by atoms with Crippen LogP contribution >= 0.6 is 24.0 Å². The molecule has 1 aromatic carbocycles. The second kappa shape index (κ2) is 12.2. The minimum atomic E-state index is 0. The van der Waals surface area contributed by atoms with Crippen LogP contribution < -0.4 is 20.1 Å². The van der Waals surface area contributed by atoms with Crippen LogP contribution in [0.15, 0.2) is 23.2 Å². The van der Waals surface area contributed by atoms with E-state index in [-0.39, 0.29) is 24.0 Å². The number of hydrogen-bond acceptors (Lipinski definition) is 3. The lowest BCUT2D eigenvalue weighted by molar-refractivity contribution is 0.399. The summed E-state index contributed by atoms with van der Waals surface area (Å²) in [7, 11) is 3.36. The fourth-order valence-corrected chi connectivity index (χ4v) is 2.07. The van der Waals surface area contributed by atoms with Crippen molar-refractivity contribution < 1.29 is 9.47 Å². The van der Waals surface area contributed by atoms with Crippen molar-refractivity contribution in [1.82, 2.24) is 10.6 Å². The molecule has 5 nitrogen and oxygen atoms in total. The topological polar surface area (TPSA) is 54.9 Å². The van der Waals surface area contributed by atoms with Gasteiger partial charge in [0.25, 0.3) is 0 Å². The third-order valence-corrected chi connectivity index (χ3v) is 3.85. The zero-order valence-electron chi connectivity index (χ0n) is 15.7. The standard InChI is InChI=1S/C18H31N3O2.HI/c1-7-19-18(21-14(4)13(2)3)20-11-10-15-12-16(22-5)8-9-17(15)23-6;/h8-9,12-14H,7,10-11H2,1-6H3,(H2,19,20,21);1H. The predicted octanol–water partition coefficient (Wildman–Crippen LogP) is 3.46. The Bertz CT molecular complexity index is 507. The highest BCUT2D eigenvalue weighted by Gasteiger charge is 2.09. The molecule has 1 rings (SSSR count). The number of guanidine groups is 1. The average molecular weight is 449 g/mol. The summed E-state index contributed by atoms with van der Waals surface area (Å²) in [4.78, 5) is 4.66. The Morgan fingerprint density at radius 2 is 1.88 bits per heavy atom. The lowest BCUT2D eigenvalue weighted by Gasteiger charge is -2.20. The van der Waals surface area contributed by atoms with E-state index in [4.69, 9.17) is 9.47 Å². The molecule has 24 heavy (non-hydrogen) atoms. The molecule has 2 N–H and O–H groups in total. The molecule has 0 saturated heterocycles. The van der Waals surface area contributed by atoms with Gasteiger partial charge < -0.3 is 20.1 Å². The van der Waals surface area contributed by atoms with Gasteiger partial charge in [-0.1, -0.05) is 13.8 Å². The molecule has 0 amide bonds. The van der Waals surface area contributed by atoms with Crippen LogP contribution in [0.4, 0.5) is 0 Å². The van der Waals surface area contributed by atoms with E-state index in [1.165, 1.54) is 0 Å². The number of ether oxygens (including phenoxy) is 2. The van der Waals surface area contributed by atoms with Crippen molar-refractivity contribution in [2.24, 2.45) is 10.9 Å². The zero-order valence-corrected chi connectivity index (χ0v) is 18.0. The highest BCUT2D eigenvalue weighted by Crippen LogP contribution is 2.24. The molecule has 138 valence electrons. The van der Waals surface area contributed by atoms with Crippen LogP contribution in [0.2, 0.25) is 0 Å². The Morgan fingerprint density at radius 3 is 2.42 bits per heavy atom. The van der Waals surface area contributed by atoms with Crippen molar-refractivity contribution in [3.8, 4) is 11.5 Å². The summed E-state index contributed by atoms with van der Waals surface area (Å²) in [5.41, 5.74) is 1.10. The van der Waals surface area contributed by atoms with Crippen LogP contribution in [0, 0.1) is 5.92 Å². The smallest absolute Gasteiger partial charge is 0.191 e. The van der Waals surface area contributed by atoms with Gasteiger partial charge in [-0.05, 0) is 49.9 Å². The molecule has 0 aliphatic heterocycles. The number of hydrogen-bond donors (Lipinski definition) is 2. The molecule has 0 bridgehead atoms. The first-order valence-electron chi connectivity index (χ1n) is 8.27. The summed E-state index contributed by atoms with van der Waals surface area (Å²) >= 11 is 0. The third kappa shape index (κ3) is 7.59. The second-order valence-electron chi connectivity index (χ2n) is 5.87. The summed E-state index contributed by atoms with van der Waals surface area (Å²) in [6.45, 7) is 10.2. The van der Waals surface area contributed by atoms with Gasteiger partial charge in [0.2, 0.25) is 0 Å². The predicted molar refractivity (Wildman–Crippen MR) is 112 cm³/mol. The Kier molecular flexibility index (Phi) is 11.6. The van der Waals surface area contributed by atoms with Crippen LogP contribution in [0.5, 0.6) is 11.5 Å². The minimum Gasteiger partial charge on any atom is -0.497 e. The molecule has 0 aliphatic carbocycles. The first-order chi connectivity index (χ1) is 11.0. The largest absolute Gasteiger partial charge is 0.497 e. The molecule has 1 unspecified atom stereocenters. The van der Waals surface area contributed by atoms with E-state index in [9.17, 15) is 0 Å². The molecule has 0 radical (unpaired) electrons. The maximum Gasteiger partial charge on any atom is 0.191 e. The van der Waals surface area contributed by atoms with Gasteiger partial charge in [-0.25, -0.2) is 0 Å². The fourth-order valence-electron chi connectivity index (χ4n) is 2.07. The van der Waals surface area contributed by atoms with E-state index >= 15 is 0 Å². The van der Waals surface area contributed by atoms with Crippen molar-refractivity contribution in [3.63, 3.8) is 0 Å². The molecule has 0 saturated carbocycles. The van der Waals surface area contributed by atoms with E-state index in [2.05, 4.69) is 43.3 Å². The number of nitrogens with one attached hydrogen (secondary N) is 2. The van der Waals surface area contributed by atoms with Gasteiger partial charge >= 0.3 is 0 Å². The van der Waals surface area contributed by atoms with Gasteiger partial charge in [0.15, 0.2) is 5.96 Å². The van der Waals surface area contributed by atoms with Crippen LogP contribution in [-0.4, -0.2) is 39.3 Å². The van der Waals surface area contributed by atoms with Crippen molar-refractivity contribution in [3.05, 3.63) is 23.8 Å². The lowest BCUT2D eigenvalue weighted by atomic mass is 10.1. The average Bonchev–Trinajstić information content (AvgIpc) is 2.54. The van der Waals surface area contributed by atoms with Gasteiger partial charge in [-0.3, -0.25) is 4.99 Å². The Morgan fingerprint density at radius 1 is 1.17 bits per heavy atom. The molecule has 1 atom stereocenters. The summed E-state index contributed by atoms with van der Waals surface area (Å²) in [6.07, 6.45) is 0.799. The van der Waals surface area contributed by atoms with E-state index in [1.54, 1.807) is 14.2 Å². The molecule has 1 aromatic rings. The van der Waals surface area contributed by atoms with Crippen LogP contribution in [0.1, 0.15) is 33.3 Å². The van der Waals surface area contributed by atoms with Gasteiger partial charge in [0.1, 0.15) is 11.5 Å². The van der Waals surface area contributed by atoms with Gasteiger partial charge in [-0.2, -0.15) is 0 Å². The Labute approximate surface area is 163 Å². The van der Waals surface area contributed by atoms with Gasteiger partial charge in [0, 0.05) is 19.1 Å². The van der Waals surface area contributed by atoms with Crippen LogP contribution in [-0.2, 0) is 6.42 Å². The molecular weight excluding hydrogens is 417 g/mol. The summed E-state index contributed by atoms with van der Waals surface area (Å²) in [5, 5.41) is 6.73. The van der Waals surface area contributed by atoms with Crippen molar-refractivity contribution in [1.29, 1.82) is 0 Å². The van der Waals surface area contributed by atoms with Crippen molar-refractivity contribution >= 4 is 29.9 Å². The first-order valence-corrected chi connectivity index (χ1v) is 8.27.